The molecule has 1 aromatic heterocycles. The number of benzene rings is 1. The van der Waals surface area contributed by atoms with Crippen molar-refractivity contribution < 1.29 is 9.53 Å². The standard InChI is InChI=1S/C20H25Cl2N2O2.In.2H/c1-4-5-6-7-8-9-12-26-20-18(14(2)23-24(20)3)19(25)16-11-10-15(21)13-17(16)22;;;/h10-13H,4-9H2,1-3H3;;;. The molecule has 0 spiro atoms. The van der Waals surface area contributed by atoms with Gasteiger partial charge in [-0.3, -0.25) is 0 Å². The summed E-state index contributed by atoms with van der Waals surface area (Å²) in [6.45, 7) is 4.04. The summed E-state index contributed by atoms with van der Waals surface area (Å²) in [5, 5.41) is 5.24. The Labute approximate surface area is 186 Å². The van der Waals surface area contributed by atoms with Crippen molar-refractivity contribution >= 4 is 53.4 Å². The van der Waals surface area contributed by atoms with Gasteiger partial charge in [0, 0.05) is 0 Å². The summed E-state index contributed by atoms with van der Waals surface area (Å²) < 4.78 is 8.09. The molecule has 0 aliphatic carbocycles. The van der Waals surface area contributed by atoms with Gasteiger partial charge in [0.15, 0.2) is 0 Å². The van der Waals surface area contributed by atoms with Crippen molar-refractivity contribution in [2.75, 3.05) is 0 Å². The topological polar surface area (TPSA) is 44.1 Å². The van der Waals surface area contributed by atoms with Gasteiger partial charge < -0.3 is 0 Å². The van der Waals surface area contributed by atoms with Crippen LogP contribution in [0.15, 0.2) is 18.2 Å². The third-order valence-corrected chi connectivity index (χ3v) is 7.47. The van der Waals surface area contributed by atoms with E-state index in [1.165, 1.54) is 32.1 Å². The zero-order valence-electron chi connectivity index (χ0n) is 16.5. The van der Waals surface area contributed by atoms with Crippen LogP contribution in [0.4, 0.5) is 0 Å². The number of carbonyl (C=O) groups excluding carboxylic acids is 1. The van der Waals surface area contributed by atoms with E-state index < -0.39 is 0 Å². The number of hydrogen-bond acceptors (Lipinski definition) is 3. The van der Waals surface area contributed by atoms with Crippen LogP contribution in [0.25, 0.3) is 0 Å². The molecule has 1 aromatic carbocycles. The van der Waals surface area contributed by atoms with Crippen LogP contribution in [0.1, 0.15) is 67.1 Å². The number of halogens is 2. The molecule has 0 fully saturated rings. The van der Waals surface area contributed by atoms with Gasteiger partial charge in [0.25, 0.3) is 0 Å². The van der Waals surface area contributed by atoms with Gasteiger partial charge in [0.05, 0.1) is 0 Å². The van der Waals surface area contributed by atoms with Crippen LogP contribution < -0.4 is 4.74 Å². The summed E-state index contributed by atoms with van der Waals surface area (Å²) in [7, 11) is 1.81. The Morgan fingerprint density at radius 1 is 1.26 bits per heavy atom. The van der Waals surface area contributed by atoms with Gasteiger partial charge in [-0.2, -0.15) is 0 Å². The Bertz CT molecular complexity index is 793. The molecule has 4 nitrogen and oxygen atoms in total. The van der Waals surface area contributed by atoms with E-state index >= 15 is 0 Å². The quantitative estimate of drug-likeness (QED) is 0.333. The molecule has 0 N–H and O–H groups in total. The molecule has 7 heteroatoms. The second kappa shape index (κ2) is 10.8. The number of aromatic nitrogens is 2. The van der Waals surface area contributed by atoms with Crippen LogP contribution in [-0.2, 0) is 7.05 Å². The van der Waals surface area contributed by atoms with E-state index in [2.05, 4.69) is 12.0 Å². The van der Waals surface area contributed by atoms with Crippen molar-refractivity contribution in [1.82, 2.24) is 9.78 Å². The molecule has 1 atom stereocenters. The van der Waals surface area contributed by atoms with Crippen LogP contribution in [0, 0.1) is 6.92 Å². The van der Waals surface area contributed by atoms with Crippen LogP contribution in [0.2, 0.25) is 10.0 Å². The van der Waals surface area contributed by atoms with Crippen LogP contribution >= 0.6 is 23.2 Å². The first-order valence-electron chi connectivity index (χ1n) is 9.55. The van der Waals surface area contributed by atoms with Gasteiger partial charge in [-0.05, 0) is 0 Å². The molecule has 0 radical (unpaired) electrons. The Morgan fingerprint density at radius 3 is 2.63 bits per heavy atom. The molecule has 1 heterocycles. The molecule has 0 saturated carbocycles. The number of hydrogen-bond donors (Lipinski definition) is 0. The maximum atomic E-state index is 13.1. The van der Waals surface area contributed by atoms with E-state index in [-0.39, 0.29) is 9.64 Å². The SMILES string of the molecule is CCCCCCC[CH]([InH2])Oc1c(C(=O)c2ccc(Cl)cc2Cl)c(C)nn1C. The molecule has 2 rings (SSSR count). The van der Waals surface area contributed by atoms with E-state index in [0.29, 0.717) is 57.1 Å². The van der Waals surface area contributed by atoms with Gasteiger partial charge in [-0.15, -0.1) is 0 Å². The molecule has 1 unspecified atom stereocenters. The average Bonchev–Trinajstić information content (AvgIpc) is 2.87. The fraction of sp³-hybridized carbons (Fsp3) is 0.500. The first-order valence-corrected chi connectivity index (χ1v) is 13.6. The third kappa shape index (κ3) is 6.16. The average molecular weight is 513 g/mol. The number of ether oxygens (including phenoxy) is 1. The van der Waals surface area contributed by atoms with Crippen LogP contribution in [0.3, 0.4) is 0 Å². The Morgan fingerprint density at radius 2 is 1.96 bits per heavy atom. The predicted molar refractivity (Wildman–Crippen MR) is 114 cm³/mol. The fourth-order valence-electron chi connectivity index (χ4n) is 3.13. The summed E-state index contributed by atoms with van der Waals surface area (Å²) in [6, 6.07) is 4.90. The number of carbonyl (C=O) groups is 1. The molecule has 146 valence electrons. The number of unbranched alkanes of at least 4 members (excludes halogenated alkanes) is 4. The van der Waals surface area contributed by atoms with Crippen molar-refractivity contribution in [3.05, 3.63) is 45.1 Å². The van der Waals surface area contributed by atoms with Gasteiger partial charge in [-0.1, -0.05) is 0 Å². The Balaban J connectivity index is 2.15. The number of nitrogens with zero attached hydrogens (tertiary/aromatic N) is 2. The fourth-order valence-corrected chi connectivity index (χ4v) is 5.42. The van der Waals surface area contributed by atoms with Gasteiger partial charge in [-0.25, -0.2) is 0 Å². The van der Waals surface area contributed by atoms with Gasteiger partial charge >= 0.3 is 187 Å². The molecule has 2 aromatic rings. The number of ketones is 1. The summed E-state index contributed by atoms with van der Waals surface area (Å²) >= 11 is 12.5. The maximum absolute atomic E-state index is 13.1. The molecular weight excluding hydrogens is 486 g/mol. The van der Waals surface area contributed by atoms with E-state index in [1.807, 2.05) is 14.0 Å². The molecule has 0 saturated heterocycles. The van der Waals surface area contributed by atoms with E-state index in [9.17, 15) is 4.79 Å². The van der Waals surface area contributed by atoms with Gasteiger partial charge in [0.1, 0.15) is 0 Å². The van der Waals surface area contributed by atoms with Crippen molar-refractivity contribution in [3.63, 3.8) is 0 Å². The molecular formula is C20H27Cl2InN2O2. The molecule has 27 heavy (non-hydrogen) atoms. The first-order chi connectivity index (χ1) is 12.8. The van der Waals surface area contributed by atoms with Crippen molar-refractivity contribution in [2.45, 2.75) is 56.2 Å². The second-order valence-corrected chi connectivity index (χ2v) is 11.5. The van der Waals surface area contributed by atoms with Crippen molar-refractivity contribution in [1.29, 1.82) is 0 Å². The minimum atomic E-state index is -0.178. The second-order valence-electron chi connectivity index (χ2n) is 6.97. The first kappa shape index (κ1) is 22.6. The molecule has 0 amide bonds. The predicted octanol–water partition coefficient (Wildman–Crippen LogP) is 4.96. The zero-order chi connectivity index (χ0) is 20.0. The Hall–Kier alpha value is -0.650. The molecule has 0 bridgehead atoms. The normalized spacial score (nSPS) is 12.2. The zero-order valence-corrected chi connectivity index (χ0v) is 23.7. The third-order valence-electron chi connectivity index (χ3n) is 4.60. The monoisotopic (exact) mass is 512 g/mol. The molecule has 0 aliphatic heterocycles. The summed E-state index contributed by atoms with van der Waals surface area (Å²) in [5.74, 6) is 0.365. The number of aryl methyl sites for hydroxylation is 2. The summed E-state index contributed by atoms with van der Waals surface area (Å²) in [6.07, 6.45) is 7.27. The van der Waals surface area contributed by atoms with E-state index in [4.69, 9.17) is 27.9 Å². The Kier molecular flexibility index (Phi) is 9.03. The van der Waals surface area contributed by atoms with E-state index in [1.54, 1.807) is 22.9 Å². The van der Waals surface area contributed by atoms with Crippen molar-refractivity contribution in [3.8, 4) is 5.88 Å². The number of rotatable bonds is 10. The van der Waals surface area contributed by atoms with E-state index in [0.717, 1.165) is 6.42 Å². The molecule has 0 aliphatic rings. The van der Waals surface area contributed by atoms with Crippen LogP contribution in [0.5, 0.6) is 5.88 Å². The van der Waals surface area contributed by atoms with Gasteiger partial charge in [0.2, 0.25) is 0 Å². The summed E-state index contributed by atoms with van der Waals surface area (Å²) in [4.78, 5) is 13.1. The van der Waals surface area contributed by atoms with Crippen LogP contribution in [-0.4, -0.2) is 43.8 Å². The summed E-state index contributed by atoms with van der Waals surface area (Å²) in [5.41, 5.74) is 1.55. The van der Waals surface area contributed by atoms with Crippen molar-refractivity contribution in [2.24, 2.45) is 7.05 Å². The minimum absolute atomic E-state index is 0.178.